The van der Waals surface area contributed by atoms with Gasteiger partial charge in [0.1, 0.15) is 5.82 Å². The van der Waals surface area contributed by atoms with E-state index >= 15 is 0 Å². The largest absolute Gasteiger partial charge is 0.373 e. The molecule has 8 nitrogen and oxygen atoms in total. The van der Waals surface area contributed by atoms with Gasteiger partial charge in [0.15, 0.2) is 5.82 Å². The van der Waals surface area contributed by atoms with Crippen LogP contribution in [-0.2, 0) is 16.0 Å². The summed E-state index contributed by atoms with van der Waals surface area (Å²) in [7, 11) is 0. The van der Waals surface area contributed by atoms with Crippen molar-refractivity contribution < 1.29 is 14.3 Å². The van der Waals surface area contributed by atoms with Crippen molar-refractivity contribution in [3.05, 3.63) is 47.0 Å². The van der Waals surface area contributed by atoms with Crippen molar-refractivity contribution in [3.63, 3.8) is 0 Å². The Kier molecular flexibility index (Phi) is 8.01. The van der Waals surface area contributed by atoms with Gasteiger partial charge in [-0.05, 0) is 51.3 Å². The number of carbonyl (C=O) groups excluding carboxylic acids is 2. The number of aromatic nitrogens is 3. The molecule has 32 heavy (non-hydrogen) atoms. The molecule has 3 rings (SSSR count). The SMILES string of the molecule is CCN(C(=O)Cc1nc(C(C)C)n[nH]1)[C@@H]1CCO[C@H](c2ccc(C(=O)NC(C)C)cc2)C1. The van der Waals surface area contributed by atoms with Crippen molar-refractivity contribution in [2.24, 2.45) is 0 Å². The number of likely N-dealkylation sites (N-methyl/N-ethyl adjacent to an activating group) is 1. The number of hydrogen-bond acceptors (Lipinski definition) is 5. The highest BCUT2D eigenvalue weighted by atomic mass is 16.5. The number of rotatable bonds is 8. The summed E-state index contributed by atoms with van der Waals surface area (Å²) in [5.41, 5.74) is 1.66. The summed E-state index contributed by atoms with van der Waals surface area (Å²) >= 11 is 0. The number of hydrogen-bond donors (Lipinski definition) is 2. The number of benzene rings is 1. The fourth-order valence-corrected chi connectivity index (χ4v) is 4.02. The maximum absolute atomic E-state index is 13.0. The molecule has 0 bridgehead atoms. The van der Waals surface area contributed by atoms with Crippen molar-refractivity contribution in [1.82, 2.24) is 25.4 Å². The Morgan fingerprint density at radius 1 is 1.22 bits per heavy atom. The van der Waals surface area contributed by atoms with Gasteiger partial charge in [-0.1, -0.05) is 26.0 Å². The first-order valence-corrected chi connectivity index (χ1v) is 11.5. The highest BCUT2D eigenvalue weighted by Crippen LogP contribution is 2.31. The van der Waals surface area contributed by atoms with Crippen LogP contribution < -0.4 is 5.32 Å². The molecule has 174 valence electrons. The molecule has 1 aromatic carbocycles. The Balaban J connectivity index is 1.64. The molecular formula is C24H35N5O3. The number of ether oxygens (including phenoxy) is 1. The van der Waals surface area contributed by atoms with Gasteiger partial charge in [0, 0.05) is 36.7 Å². The predicted octanol–water partition coefficient (Wildman–Crippen LogP) is 3.38. The fraction of sp³-hybridized carbons (Fsp3) is 0.583. The van der Waals surface area contributed by atoms with Crippen LogP contribution in [-0.4, -0.2) is 57.1 Å². The molecule has 0 unspecified atom stereocenters. The first-order valence-electron chi connectivity index (χ1n) is 11.5. The number of carbonyl (C=O) groups is 2. The van der Waals surface area contributed by atoms with E-state index in [1.807, 2.05) is 63.8 Å². The number of aromatic amines is 1. The zero-order chi connectivity index (χ0) is 23.3. The molecule has 0 radical (unpaired) electrons. The summed E-state index contributed by atoms with van der Waals surface area (Å²) in [5, 5.41) is 9.99. The van der Waals surface area contributed by atoms with E-state index in [1.54, 1.807) is 0 Å². The Labute approximate surface area is 190 Å². The normalized spacial score (nSPS) is 18.7. The molecule has 2 aromatic rings. The van der Waals surface area contributed by atoms with Gasteiger partial charge in [-0.15, -0.1) is 0 Å². The van der Waals surface area contributed by atoms with Crippen molar-refractivity contribution in [3.8, 4) is 0 Å². The average Bonchev–Trinajstić information content (AvgIpc) is 3.23. The summed E-state index contributed by atoms with van der Waals surface area (Å²) in [6, 6.07) is 7.75. The predicted molar refractivity (Wildman–Crippen MR) is 122 cm³/mol. The smallest absolute Gasteiger partial charge is 0.251 e. The lowest BCUT2D eigenvalue weighted by molar-refractivity contribution is -0.136. The highest BCUT2D eigenvalue weighted by Gasteiger charge is 2.30. The zero-order valence-electron chi connectivity index (χ0n) is 19.7. The van der Waals surface area contributed by atoms with Crippen LogP contribution in [0.3, 0.4) is 0 Å². The second-order valence-corrected chi connectivity index (χ2v) is 8.94. The van der Waals surface area contributed by atoms with Gasteiger partial charge in [0.25, 0.3) is 5.91 Å². The zero-order valence-corrected chi connectivity index (χ0v) is 19.7. The summed E-state index contributed by atoms with van der Waals surface area (Å²) in [4.78, 5) is 31.6. The molecule has 0 spiro atoms. The average molecular weight is 442 g/mol. The van der Waals surface area contributed by atoms with Crippen LogP contribution in [0.15, 0.2) is 24.3 Å². The minimum atomic E-state index is -0.101. The molecule has 1 aliphatic heterocycles. The third-order valence-electron chi connectivity index (χ3n) is 5.71. The van der Waals surface area contributed by atoms with Gasteiger partial charge in [-0.25, -0.2) is 4.98 Å². The van der Waals surface area contributed by atoms with Gasteiger partial charge in [0.05, 0.1) is 12.5 Å². The molecule has 2 atom stereocenters. The van der Waals surface area contributed by atoms with Gasteiger partial charge in [-0.2, -0.15) is 5.10 Å². The summed E-state index contributed by atoms with van der Waals surface area (Å²) in [5.74, 6) is 1.52. The Bertz CT molecular complexity index is 907. The molecule has 2 N–H and O–H groups in total. The van der Waals surface area contributed by atoms with Crippen LogP contribution in [0.1, 0.15) is 87.1 Å². The monoisotopic (exact) mass is 441 g/mol. The van der Waals surface area contributed by atoms with E-state index in [1.165, 1.54) is 0 Å². The Morgan fingerprint density at radius 2 is 1.94 bits per heavy atom. The van der Waals surface area contributed by atoms with Gasteiger partial charge < -0.3 is 15.0 Å². The van der Waals surface area contributed by atoms with Crippen LogP contribution in [0.25, 0.3) is 0 Å². The second kappa shape index (κ2) is 10.7. The lowest BCUT2D eigenvalue weighted by atomic mass is 9.95. The molecule has 1 saturated heterocycles. The van der Waals surface area contributed by atoms with E-state index in [0.29, 0.717) is 24.5 Å². The quantitative estimate of drug-likeness (QED) is 0.654. The number of nitrogens with zero attached hydrogens (tertiary/aromatic N) is 3. The third kappa shape index (κ3) is 5.94. The van der Waals surface area contributed by atoms with Crippen LogP contribution in [0, 0.1) is 0 Å². The van der Waals surface area contributed by atoms with Gasteiger partial charge in [0.2, 0.25) is 5.91 Å². The Morgan fingerprint density at radius 3 is 2.53 bits per heavy atom. The van der Waals surface area contributed by atoms with E-state index in [4.69, 9.17) is 4.74 Å². The van der Waals surface area contributed by atoms with E-state index < -0.39 is 0 Å². The van der Waals surface area contributed by atoms with E-state index in [-0.39, 0.29) is 42.3 Å². The second-order valence-electron chi connectivity index (χ2n) is 8.94. The van der Waals surface area contributed by atoms with Crippen LogP contribution in [0.4, 0.5) is 0 Å². The highest BCUT2D eigenvalue weighted by molar-refractivity contribution is 5.94. The number of H-pyrrole nitrogens is 1. The third-order valence-corrected chi connectivity index (χ3v) is 5.71. The summed E-state index contributed by atoms with van der Waals surface area (Å²) in [6.07, 6.45) is 1.65. The number of amides is 2. The van der Waals surface area contributed by atoms with Crippen LogP contribution >= 0.6 is 0 Å². The molecule has 1 fully saturated rings. The van der Waals surface area contributed by atoms with Crippen molar-refractivity contribution in [1.29, 1.82) is 0 Å². The molecule has 0 aliphatic carbocycles. The van der Waals surface area contributed by atoms with Crippen molar-refractivity contribution in [2.75, 3.05) is 13.2 Å². The van der Waals surface area contributed by atoms with Gasteiger partial charge >= 0.3 is 0 Å². The molecule has 2 amide bonds. The van der Waals surface area contributed by atoms with Crippen LogP contribution in [0.2, 0.25) is 0 Å². The maximum Gasteiger partial charge on any atom is 0.251 e. The lowest BCUT2D eigenvalue weighted by Gasteiger charge is -2.37. The molecule has 1 aliphatic rings. The molecule has 2 heterocycles. The van der Waals surface area contributed by atoms with E-state index in [0.717, 1.165) is 24.2 Å². The molecule has 0 saturated carbocycles. The van der Waals surface area contributed by atoms with E-state index in [9.17, 15) is 9.59 Å². The molecular weight excluding hydrogens is 406 g/mol. The standard InChI is InChI=1S/C24H35N5O3/c1-6-29(22(30)14-21-26-23(15(2)3)28-27-21)19-11-12-32-20(13-19)17-7-9-18(10-8-17)24(31)25-16(4)5/h7-10,15-16,19-20H,6,11-14H2,1-5H3,(H,25,31)(H,26,27,28)/t19-,20+/m1/s1. The van der Waals surface area contributed by atoms with E-state index in [2.05, 4.69) is 20.5 Å². The lowest BCUT2D eigenvalue weighted by Crippen LogP contribution is -2.44. The first kappa shape index (κ1) is 23.9. The maximum atomic E-state index is 13.0. The summed E-state index contributed by atoms with van der Waals surface area (Å²) < 4.78 is 6.01. The number of nitrogens with one attached hydrogen (secondary N) is 2. The minimum Gasteiger partial charge on any atom is -0.373 e. The van der Waals surface area contributed by atoms with Gasteiger partial charge in [-0.3, -0.25) is 14.7 Å². The fourth-order valence-electron chi connectivity index (χ4n) is 4.02. The minimum absolute atomic E-state index is 0.0466. The van der Waals surface area contributed by atoms with Crippen LogP contribution in [0.5, 0.6) is 0 Å². The topological polar surface area (TPSA) is 100 Å². The summed E-state index contributed by atoms with van der Waals surface area (Å²) in [6.45, 7) is 11.2. The van der Waals surface area contributed by atoms with Crippen molar-refractivity contribution >= 4 is 11.8 Å². The molecule has 8 heteroatoms. The Hall–Kier alpha value is -2.74. The van der Waals surface area contributed by atoms with Crippen molar-refractivity contribution in [2.45, 2.75) is 78.0 Å². The first-order chi connectivity index (χ1) is 15.3. The molecule has 1 aromatic heterocycles.